The maximum Gasteiger partial charge on any atom is 0.387 e. The Bertz CT molecular complexity index is 692. The summed E-state index contributed by atoms with van der Waals surface area (Å²) in [6.07, 6.45) is 0. The second-order valence-corrected chi connectivity index (χ2v) is 4.41. The number of anilines is 1. The normalized spacial score (nSPS) is 10.5. The van der Waals surface area contributed by atoms with Crippen LogP contribution >= 0.6 is 0 Å². The van der Waals surface area contributed by atoms with Gasteiger partial charge in [-0.25, -0.2) is 4.39 Å². The molecule has 0 saturated heterocycles. The molecule has 0 unspecified atom stereocenters. The maximum absolute atomic E-state index is 13.5. The summed E-state index contributed by atoms with van der Waals surface area (Å²) in [7, 11) is 0. The van der Waals surface area contributed by atoms with E-state index >= 15 is 0 Å². The van der Waals surface area contributed by atoms with Crippen molar-refractivity contribution >= 4 is 11.6 Å². The lowest BCUT2D eigenvalue weighted by Crippen LogP contribution is -2.13. The third-order valence-electron chi connectivity index (χ3n) is 2.84. The van der Waals surface area contributed by atoms with E-state index in [1.165, 1.54) is 36.4 Å². The quantitative estimate of drug-likeness (QED) is 0.870. The molecule has 7 heteroatoms. The van der Waals surface area contributed by atoms with Gasteiger partial charge in [-0.1, -0.05) is 12.1 Å². The summed E-state index contributed by atoms with van der Waals surface area (Å²) in [5.74, 6) is -1.35. The SMILES string of the molecule is CCOc1cc(C(=O)Nc2ccccc2F)ccc1OC(F)F. The predicted molar refractivity (Wildman–Crippen MR) is 78.6 cm³/mol. The third-order valence-corrected chi connectivity index (χ3v) is 2.84. The number of amides is 1. The monoisotopic (exact) mass is 325 g/mol. The molecule has 1 amide bonds. The number of hydrogen-bond acceptors (Lipinski definition) is 3. The Hall–Kier alpha value is -2.70. The Labute approximate surface area is 130 Å². The van der Waals surface area contributed by atoms with Crippen molar-refractivity contribution in [1.29, 1.82) is 0 Å². The molecule has 1 N–H and O–H groups in total. The van der Waals surface area contributed by atoms with Crippen LogP contribution in [0.4, 0.5) is 18.9 Å². The van der Waals surface area contributed by atoms with E-state index in [1.54, 1.807) is 13.0 Å². The molecule has 23 heavy (non-hydrogen) atoms. The summed E-state index contributed by atoms with van der Waals surface area (Å²) in [6.45, 7) is -1.14. The largest absolute Gasteiger partial charge is 0.490 e. The highest BCUT2D eigenvalue weighted by molar-refractivity contribution is 6.04. The van der Waals surface area contributed by atoms with Gasteiger partial charge in [-0.15, -0.1) is 0 Å². The lowest BCUT2D eigenvalue weighted by atomic mass is 10.1. The molecule has 2 aromatic rings. The molecule has 0 aromatic heterocycles. The van der Waals surface area contributed by atoms with Crippen LogP contribution < -0.4 is 14.8 Å². The topological polar surface area (TPSA) is 47.6 Å². The number of benzene rings is 2. The highest BCUT2D eigenvalue weighted by atomic mass is 19.3. The molecule has 0 saturated carbocycles. The fourth-order valence-electron chi connectivity index (χ4n) is 1.87. The van der Waals surface area contributed by atoms with Crippen molar-refractivity contribution in [2.75, 3.05) is 11.9 Å². The van der Waals surface area contributed by atoms with Crippen LogP contribution in [0.5, 0.6) is 11.5 Å². The summed E-state index contributed by atoms with van der Waals surface area (Å²) in [6, 6.07) is 9.44. The number of ether oxygens (including phenoxy) is 2. The molecule has 122 valence electrons. The highest BCUT2D eigenvalue weighted by Gasteiger charge is 2.15. The van der Waals surface area contributed by atoms with Gasteiger partial charge in [0.05, 0.1) is 12.3 Å². The van der Waals surface area contributed by atoms with E-state index in [2.05, 4.69) is 10.1 Å². The first-order valence-electron chi connectivity index (χ1n) is 6.78. The summed E-state index contributed by atoms with van der Waals surface area (Å²) < 4.78 is 47.7. The van der Waals surface area contributed by atoms with Crippen LogP contribution in [0.1, 0.15) is 17.3 Å². The molecule has 0 bridgehead atoms. The van der Waals surface area contributed by atoms with E-state index in [0.29, 0.717) is 0 Å². The van der Waals surface area contributed by atoms with Gasteiger partial charge in [-0.3, -0.25) is 4.79 Å². The van der Waals surface area contributed by atoms with Gasteiger partial charge in [-0.05, 0) is 37.3 Å². The minimum Gasteiger partial charge on any atom is -0.490 e. The minimum atomic E-state index is -3.01. The molecule has 0 atom stereocenters. The van der Waals surface area contributed by atoms with Crippen molar-refractivity contribution in [2.45, 2.75) is 13.5 Å². The van der Waals surface area contributed by atoms with Gasteiger partial charge in [0.15, 0.2) is 11.5 Å². The molecule has 0 aliphatic carbocycles. The lowest BCUT2D eigenvalue weighted by Gasteiger charge is -2.13. The van der Waals surface area contributed by atoms with E-state index in [9.17, 15) is 18.0 Å². The highest BCUT2D eigenvalue weighted by Crippen LogP contribution is 2.30. The molecular formula is C16H14F3NO3. The summed E-state index contributed by atoms with van der Waals surface area (Å²) in [5.41, 5.74) is 0.140. The standard InChI is InChI=1S/C16H14F3NO3/c1-2-22-14-9-10(7-8-13(14)23-16(18)19)15(21)20-12-6-4-3-5-11(12)17/h3-9,16H,2H2,1H3,(H,20,21). The van der Waals surface area contributed by atoms with Crippen molar-refractivity contribution in [3.8, 4) is 11.5 Å². The first-order valence-corrected chi connectivity index (χ1v) is 6.78. The third kappa shape index (κ3) is 4.38. The Morgan fingerprint density at radius 1 is 1.17 bits per heavy atom. The van der Waals surface area contributed by atoms with Crippen molar-refractivity contribution < 1.29 is 27.4 Å². The van der Waals surface area contributed by atoms with Crippen LogP contribution in [-0.2, 0) is 0 Å². The zero-order valence-electron chi connectivity index (χ0n) is 12.2. The van der Waals surface area contributed by atoms with Crippen molar-refractivity contribution in [3.63, 3.8) is 0 Å². The van der Waals surface area contributed by atoms with E-state index in [0.717, 1.165) is 0 Å². The fourth-order valence-corrected chi connectivity index (χ4v) is 1.87. The maximum atomic E-state index is 13.5. The zero-order chi connectivity index (χ0) is 16.8. The number of hydrogen-bond donors (Lipinski definition) is 1. The Kier molecular flexibility index (Phi) is 5.46. The Morgan fingerprint density at radius 2 is 1.91 bits per heavy atom. The first-order chi connectivity index (χ1) is 11.0. The van der Waals surface area contributed by atoms with Crippen molar-refractivity contribution in [2.24, 2.45) is 0 Å². The van der Waals surface area contributed by atoms with E-state index in [4.69, 9.17) is 4.74 Å². The van der Waals surface area contributed by atoms with E-state index in [1.807, 2.05) is 0 Å². The van der Waals surface area contributed by atoms with Crippen LogP contribution in [0, 0.1) is 5.82 Å². The molecule has 2 rings (SSSR count). The average molecular weight is 325 g/mol. The van der Waals surface area contributed by atoms with Gasteiger partial charge in [-0.2, -0.15) is 8.78 Å². The van der Waals surface area contributed by atoms with Crippen LogP contribution in [-0.4, -0.2) is 19.1 Å². The fraction of sp³-hybridized carbons (Fsp3) is 0.188. The van der Waals surface area contributed by atoms with Gasteiger partial charge in [0, 0.05) is 5.56 Å². The van der Waals surface area contributed by atoms with E-state index in [-0.39, 0.29) is 29.4 Å². The molecule has 0 heterocycles. The van der Waals surface area contributed by atoms with Gasteiger partial charge >= 0.3 is 6.61 Å². The van der Waals surface area contributed by atoms with Crippen LogP contribution in [0.3, 0.4) is 0 Å². The second kappa shape index (κ2) is 7.53. The molecule has 2 aromatic carbocycles. The number of rotatable bonds is 6. The predicted octanol–water partition coefficient (Wildman–Crippen LogP) is 4.08. The summed E-state index contributed by atoms with van der Waals surface area (Å²) >= 11 is 0. The molecule has 0 aliphatic heterocycles. The number of nitrogens with one attached hydrogen (secondary N) is 1. The number of para-hydroxylation sites is 1. The Balaban J connectivity index is 2.23. The van der Waals surface area contributed by atoms with Crippen molar-refractivity contribution in [3.05, 3.63) is 53.8 Å². The van der Waals surface area contributed by atoms with Gasteiger partial charge in [0.2, 0.25) is 0 Å². The van der Waals surface area contributed by atoms with Gasteiger partial charge in [0.1, 0.15) is 5.82 Å². The summed E-state index contributed by atoms with van der Waals surface area (Å²) in [5, 5.41) is 2.40. The first kappa shape index (κ1) is 16.7. The summed E-state index contributed by atoms with van der Waals surface area (Å²) in [4.78, 5) is 12.1. The smallest absolute Gasteiger partial charge is 0.387 e. The van der Waals surface area contributed by atoms with Gasteiger partial charge in [0.25, 0.3) is 5.91 Å². The zero-order valence-corrected chi connectivity index (χ0v) is 12.2. The average Bonchev–Trinajstić information content (AvgIpc) is 2.51. The number of carbonyl (C=O) groups is 1. The molecule has 0 spiro atoms. The molecular weight excluding hydrogens is 311 g/mol. The van der Waals surface area contributed by atoms with Crippen LogP contribution in [0.15, 0.2) is 42.5 Å². The molecule has 0 fully saturated rings. The molecule has 4 nitrogen and oxygen atoms in total. The van der Waals surface area contributed by atoms with Crippen molar-refractivity contribution in [1.82, 2.24) is 0 Å². The van der Waals surface area contributed by atoms with Crippen LogP contribution in [0.2, 0.25) is 0 Å². The number of halogens is 3. The van der Waals surface area contributed by atoms with Crippen LogP contribution in [0.25, 0.3) is 0 Å². The van der Waals surface area contributed by atoms with Gasteiger partial charge < -0.3 is 14.8 Å². The molecule has 0 radical (unpaired) electrons. The number of alkyl halides is 2. The minimum absolute atomic E-state index is 0.00832. The lowest BCUT2D eigenvalue weighted by molar-refractivity contribution is -0.0514. The Morgan fingerprint density at radius 3 is 2.57 bits per heavy atom. The second-order valence-electron chi connectivity index (χ2n) is 4.41. The van der Waals surface area contributed by atoms with E-state index < -0.39 is 18.3 Å². The molecule has 0 aliphatic rings. The number of carbonyl (C=O) groups excluding carboxylic acids is 1.